The summed E-state index contributed by atoms with van der Waals surface area (Å²) in [6.45, 7) is 7.37. The van der Waals surface area contributed by atoms with E-state index in [4.69, 9.17) is 5.11 Å². The number of nitrogens with one attached hydrogen (secondary N) is 1. The van der Waals surface area contributed by atoms with Crippen LogP contribution in [-0.2, 0) is 19.0 Å². The molecule has 0 saturated heterocycles. The zero-order valence-corrected chi connectivity index (χ0v) is 15.6. The minimum Gasteiger partial charge on any atom is -0.396 e. The van der Waals surface area contributed by atoms with Crippen LogP contribution in [0.15, 0.2) is 23.6 Å². The van der Waals surface area contributed by atoms with Gasteiger partial charge in [-0.05, 0) is 17.9 Å². The van der Waals surface area contributed by atoms with Gasteiger partial charge in [-0.1, -0.05) is 26.8 Å². The summed E-state index contributed by atoms with van der Waals surface area (Å²) in [7, 11) is 1.82. The average Bonchev–Trinajstić information content (AvgIpc) is 3.13. The zero-order chi connectivity index (χ0) is 17.7. The number of hydrogen-bond donors (Lipinski definition) is 2. The van der Waals surface area contributed by atoms with Crippen molar-refractivity contribution in [3.05, 3.63) is 34.2 Å². The SMILES string of the molecule is Cn1nc(C(C)(C)C)cc1NC(=O)N(CCCO)Cc1cccs1. The number of rotatable bonds is 6. The molecule has 0 unspecified atom stereocenters. The lowest BCUT2D eigenvalue weighted by Crippen LogP contribution is -2.35. The number of nitrogens with zero attached hydrogens (tertiary/aromatic N) is 3. The van der Waals surface area contributed by atoms with E-state index in [0.29, 0.717) is 25.3 Å². The van der Waals surface area contributed by atoms with Crippen LogP contribution in [0.3, 0.4) is 0 Å². The van der Waals surface area contributed by atoms with Crippen LogP contribution in [0.5, 0.6) is 0 Å². The molecule has 132 valence electrons. The van der Waals surface area contributed by atoms with Gasteiger partial charge in [0.2, 0.25) is 0 Å². The third-order valence-electron chi connectivity index (χ3n) is 3.68. The summed E-state index contributed by atoms with van der Waals surface area (Å²) in [6.07, 6.45) is 0.553. The van der Waals surface area contributed by atoms with Crippen LogP contribution in [0.1, 0.15) is 37.8 Å². The number of aliphatic hydroxyl groups excluding tert-OH is 1. The molecule has 0 radical (unpaired) electrons. The summed E-state index contributed by atoms with van der Waals surface area (Å²) < 4.78 is 1.69. The van der Waals surface area contributed by atoms with Crippen LogP contribution in [0, 0.1) is 0 Å². The fraction of sp³-hybridized carbons (Fsp3) is 0.529. The molecule has 0 aliphatic rings. The van der Waals surface area contributed by atoms with E-state index in [1.807, 2.05) is 30.6 Å². The molecule has 6 nitrogen and oxygen atoms in total. The molecular weight excluding hydrogens is 324 g/mol. The zero-order valence-electron chi connectivity index (χ0n) is 14.7. The first kappa shape index (κ1) is 18.5. The molecule has 2 amide bonds. The lowest BCUT2D eigenvalue weighted by Gasteiger charge is -2.22. The lowest BCUT2D eigenvalue weighted by molar-refractivity contribution is 0.199. The molecule has 24 heavy (non-hydrogen) atoms. The molecular formula is C17H26N4O2S. The van der Waals surface area contributed by atoms with Crippen molar-refractivity contribution >= 4 is 23.2 Å². The Hall–Kier alpha value is -1.86. The van der Waals surface area contributed by atoms with Crippen LogP contribution < -0.4 is 5.32 Å². The summed E-state index contributed by atoms with van der Waals surface area (Å²) >= 11 is 1.62. The number of thiophene rings is 1. The topological polar surface area (TPSA) is 70.4 Å². The van der Waals surface area contributed by atoms with Gasteiger partial charge >= 0.3 is 6.03 Å². The molecule has 0 fully saturated rings. The molecule has 0 aromatic carbocycles. The molecule has 2 aromatic rings. The Morgan fingerprint density at radius 3 is 2.75 bits per heavy atom. The molecule has 0 spiro atoms. The van der Waals surface area contributed by atoms with E-state index in [-0.39, 0.29) is 18.1 Å². The number of carbonyl (C=O) groups is 1. The van der Waals surface area contributed by atoms with E-state index in [2.05, 4.69) is 31.2 Å². The third-order valence-corrected chi connectivity index (χ3v) is 4.54. The maximum absolute atomic E-state index is 12.7. The molecule has 2 rings (SSSR count). The first-order valence-corrected chi connectivity index (χ1v) is 8.93. The Bertz CT molecular complexity index is 659. The molecule has 2 aromatic heterocycles. The summed E-state index contributed by atoms with van der Waals surface area (Å²) in [5.74, 6) is 0.671. The molecule has 0 aliphatic heterocycles. The number of amides is 2. The highest BCUT2D eigenvalue weighted by Gasteiger charge is 2.21. The van der Waals surface area contributed by atoms with Crippen molar-refractivity contribution in [2.24, 2.45) is 7.05 Å². The standard InChI is InChI=1S/C17H26N4O2S/c1-17(2,3)14-11-15(20(4)19-14)18-16(23)21(8-6-9-22)12-13-7-5-10-24-13/h5,7,10-11,22H,6,8-9,12H2,1-4H3,(H,18,23). The number of aryl methyl sites for hydroxylation is 1. The van der Waals surface area contributed by atoms with Crippen LogP contribution in [0.2, 0.25) is 0 Å². The Balaban J connectivity index is 2.10. The summed E-state index contributed by atoms with van der Waals surface area (Å²) in [6, 6.07) is 5.71. The Morgan fingerprint density at radius 2 is 2.21 bits per heavy atom. The maximum Gasteiger partial charge on any atom is 0.323 e. The number of urea groups is 1. The van der Waals surface area contributed by atoms with E-state index in [9.17, 15) is 4.79 Å². The summed E-state index contributed by atoms with van der Waals surface area (Å²) in [4.78, 5) is 15.5. The van der Waals surface area contributed by atoms with Gasteiger partial charge in [-0.3, -0.25) is 10.00 Å². The van der Waals surface area contributed by atoms with Crippen LogP contribution >= 0.6 is 11.3 Å². The predicted octanol–water partition coefficient (Wildman–Crippen LogP) is 3.20. The molecule has 0 saturated carbocycles. The number of aliphatic hydroxyl groups is 1. The Labute approximate surface area is 147 Å². The van der Waals surface area contributed by atoms with Crippen molar-refractivity contribution in [3.63, 3.8) is 0 Å². The monoisotopic (exact) mass is 350 g/mol. The van der Waals surface area contributed by atoms with Gasteiger partial charge in [0, 0.05) is 36.6 Å². The molecule has 2 heterocycles. The van der Waals surface area contributed by atoms with Gasteiger partial charge < -0.3 is 10.0 Å². The smallest absolute Gasteiger partial charge is 0.323 e. The van der Waals surface area contributed by atoms with Crippen molar-refractivity contribution in [1.82, 2.24) is 14.7 Å². The molecule has 0 atom stereocenters. The van der Waals surface area contributed by atoms with Crippen molar-refractivity contribution in [3.8, 4) is 0 Å². The minimum absolute atomic E-state index is 0.0636. The highest BCUT2D eigenvalue weighted by molar-refractivity contribution is 7.09. The van der Waals surface area contributed by atoms with Gasteiger partial charge in [0.25, 0.3) is 0 Å². The van der Waals surface area contributed by atoms with Crippen molar-refractivity contribution in [2.75, 3.05) is 18.5 Å². The number of carbonyl (C=O) groups excluding carboxylic acids is 1. The van der Waals surface area contributed by atoms with E-state index in [1.165, 1.54) is 0 Å². The quantitative estimate of drug-likeness (QED) is 0.840. The second kappa shape index (κ2) is 7.81. The van der Waals surface area contributed by atoms with Gasteiger partial charge in [-0.2, -0.15) is 5.10 Å². The fourth-order valence-electron chi connectivity index (χ4n) is 2.24. The van der Waals surface area contributed by atoms with Gasteiger partial charge in [-0.15, -0.1) is 11.3 Å². The van der Waals surface area contributed by atoms with Crippen molar-refractivity contribution in [1.29, 1.82) is 0 Å². The molecule has 0 bridgehead atoms. The van der Waals surface area contributed by atoms with Crippen LogP contribution in [0.4, 0.5) is 10.6 Å². The largest absolute Gasteiger partial charge is 0.396 e. The van der Waals surface area contributed by atoms with Gasteiger partial charge in [0.05, 0.1) is 12.2 Å². The fourth-order valence-corrected chi connectivity index (χ4v) is 2.96. The number of anilines is 1. The third kappa shape index (κ3) is 4.82. The predicted molar refractivity (Wildman–Crippen MR) is 97.4 cm³/mol. The summed E-state index contributed by atoms with van der Waals surface area (Å²) in [5, 5.41) is 18.5. The molecule has 7 heteroatoms. The second-order valence-electron chi connectivity index (χ2n) is 6.80. The van der Waals surface area contributed by atoms with Gasteiger partial charge in [-0.25, -0.2) is 4.79 Å². The minimum atomic E-state index is -0.180. The van der Waals surface area contributed by atoms with Crippen LogP contribution in [0.25, 0.3) is 0 Å². The highest BCUT2D eigenvalue weighted by atomic mass is 32.1. The van der Waals surface area contributed by atoms with E-state index in [1.54, 1.807) is 20.9 Å². The van der Waals surface area contributed by atoms with Crippen molar-refractivity contribution < 1.29 is 9.90 Å². The highest BCUT2D eigenvalue weighted by Crippen LogP contribution is 2.23. The Morgan fingerprint density at radius 1 is 1.46 bits per heavy atom. The number of hydrogen-bond acceptors (Lipinski definition) is 4. The normalized spacial score (nSPS) is 11.5. The molecule has 2 N–H and O–H groups in total. The lowest BCUT2D eigenvalue weighted by atomic mass is 9.92. The first-order valence-electron chi connectivity index (χ1n) is 8.05. The van der Waals surface area contributed by atoms with Crippen LogP contribution in [-0.4, -0.2) is 39.0 Å². The van der Waals surface area contributed by atoms with E-state index < -0.39 is 0 Å². The average molecular weight is 350 g/mol. The maximum atomic E-state index is 12.7. The van der Waals surface area contributed by atoms with E-state index >= 15 is 0 Å². The Kier molecular flexibility index (Phi) is 6.01. The first-order chi connectivity index (χ1) is 11.3. The van der Waals surface area contributed by atoms with Crippen molar-refractivity contribution in [2.45, 2.75) is 39.2 Å². The summed E-state index contributed by atoms with van der Waals surface area (Å²) in [5.41, 5.74) is 0.856. The number of aromatic nitrogens is 2. The van der Waals surface area contributed by atoms with E-state index in [0.717, 1.165) is 10.6 Å². The van der Waals surface area contributed by atoms with Gasteiger partial charge in [0.15, 0.2) is 0 Å². The second-order valence-corrected chi connectivity index (χ2v) is 7.83. The molecule has 0 aliphatic carbocycles. The van der Waals surface area contributed by atoms with Gasteiger partial charge in [0.1, 0.15) is 5.82 Å².